The molecule has 2 heteroatoms. The van der Waals surface area contributed by atoms with E-state index in [1.165, 1.54) is 16.7 Å². The predicted octanol–water partition coefficient (Wildman–Crippen LogP) is 5.11. The number of hydrogen-bond acceptors (Lipinski definition) is 2. The number of ether oxygens (including phenoxy) is 1. The number of carbonyl (C=O) groups excluding carboxylic acids is 1. The number of benzene rings is 2. The summed E-state index contributed by atoms with van der Waals surface area (Å²) in [5.41, 5.74) is 4.46. The molecule has 0 N–H and O–H groups in total. The molecule has 1 aliphatic heterocycles. The van der Waals surface area contributed by atoms with Gasteiger partial charge >= 0.3 is 5.97 Å². The molecule has 0 bridgehead atoms. The smallest absolute Gasteiger partial charge is 0.316 e. The molecule has 122 valence electrons. The molecular weight excluding hydrogens is 296 g/mol. The molecule has 0 aromatic heterocycles. The fraction of sp³-hybridized carbons (Fsp3) is 0.318. The standard InChI is InChI=1S/C22H22O2/c1-16-15-24-21(23)22(16)13-11-20(12-14-22)19-9-7-18(8-10-19)17-5-3-2-4-6-17/h2-10,20H,1,11-15H2. The topological polar surface area (TPSA) is 26.3 Å². The monoisotopic (exact) mass is 318 g/mol. The third kappa shape index (κ3) is 2.47. The Morgan fingerprint density at radius 2 is 1.54 bits per heavy atom. The highest BCUT2D eigenvalue weighted by molar-refractivity contribution is 5.83. The van der Waals surface area contributed by atoms with Crippen LogP contribution in [0, 0.1) is 5.41 Å². The van der Waals surface area contributed by atoms with Gasteiger partial charge in [0.25, 0.3) is 0 Å². The molecule has 2 nitrogen and oxygen atoms in total. The van der Waals surface area contributed by atoms with Crippen LogP contribution in [0.15, 0.2) is 66.7 Å². The zero-order valence-corrected chi connectivity index (χ0v) is 13.8. The molecule has 1 spiro atoms. The van der Waals surface area contributed by atoms with Crippen molar-refractivity contribution >= 4 is 5.97 Å². The summed E-state index contributed by atoms with van der Waals surface area (Å²) in [5, 5.41) is 0. The average molecular weight is 318 g/mol. The van der Waals surface area contributed by atoms with Crippen molar-refractivity contribution in [3.05, 3.63) is 72.3 Å². The zero-order valence-electron chi connectivity index (χ0n) is 13.8. The van der Waals surface area contributed by atoms with Crippen LogP contribution >= 0.6 is 0 Å². The summed E-state index contributed by atoms with van der Waals surface area (Å²) in [6.07, 6.45) is 3.79. The molecule has 4 rings (SSSR count). The minimum absolute atomic E-state index is 0.0506. The number of esters is 1. The predicted molar refractivity (Wildman–Crippen MR) is 95.6 cm³/mol. The van der Waals surface area contributed by atoms with E-state index in [1.54, 1.807) is 0 Å². The second kappa shape index (κ2) is 5.94. The van der Waals surface area contributed by atoms with Gasteiger partial charge in [0, 0.05) is 0 Å². The summed E-state index contributed by atoms with van der Waals surface area (Å²) in [4.78, 5) is 12.1. The van der Waals surface area contributed by atoms with Crippen LogP contribution in [-0.4, -0.2) is 12.6 Å². The number of rotatable bonds is 2. The van der Waals surface area contributed by atoms with Gasteiger partial charge in [0.15, 0.2) is 0 Å². The van der Waals surface area contributed by atoms with Crippen molar-refractivity contribution in [2.45, 2.75) is 31.6 Å². The number of carbonyl (C=O) groups is 1. The Labute approximate surface area is 143 Å². The van der Waals surface area contributed by atoms with E-state index >= 15 is 0 Å². The molecule has 2 fully saturated rings. The van der Waals surface area contributed by atoms with Gasteiger partial charge in [0.1, 0.15) is 6.61 Å². The van der Waals surface area contributed by atoms with E-state index in [9.17, 15) is 4.79 Å². The first-order chi connectivity index (χ1) is 11.7. The Morgan fingerprint density at radius 3 is 2.12 bits per heavy atom. The Kier molecular flexibility index (Phi) is 3.76. The summed E-state index contributed by atoms with van der Waals surface area (Å²) in [6.45, 7) is 4.49. The quantitative estimate of drug-likeness (QED) is 0.568. The molecule has 24 heavy (non-hydrogen) atoms. The van der Waals surface area contributed by atoms with Crippen molar-refractivity contribution < 1.29 is 9.53 Å². The lowest BCUT2D eigenvalue weighted by atomic mass is 9.66. The first kappa shape index (κ1) is 15.2. The minimum Gasteiger partial charge on any atom is -0.460 e. The normalized spacial score (nSPS) is 26.6. The molecule has 1 heterocycles. The molecule has 1 saturated carbocycles. The molecule has 0 atom stereocenters. The molecule has 1 aliphatic carbocycles. The van der Waals surface area contributed by atoms with Gasteiger partial charge in [-0.1, -0.05) is 61.2 Å². The summed E-state index contributed by atoms with van der Waals surface area (Å²) in [7, 11) is 0. The van der Waals surface area contributed by atoms with E-state index in [2.05, 4.69) is 55.1 Å². The largest absolute Gasteiger partial charge is 0.460 e. The van der Waals surface area contributed by atoms with Crippen LogP contribution in [0.3, 0.4) is 0 Å². The molecule has 1 saturated heterocycles. The summed E-state index contributed by atoms with van der Waals surface area (Å²) in [5.74, 6) is 0.479. The van der Waals surface area contributed by atoms with E-state index < -0.39 is 0 Å². The van der Waals surface area contributed by atoms with Crippen molar-refractivity contribution in [1.82, 2.24) is 0 Å². The molecule has 0 unspecified atom stereocenters. The van der Waals surface area contributed by atoms with Gasteiger partial charge in [-0.15, -0.1) is 0 Å². The molecule has 0 amide bonds. The maximum Gasteiger partial charge on any atom is 0.316 e. The Morgan fingerprint density at radius 1 is 0.917 bits per heavy atom. The zero-order chi connectivity index (χ0) is 16.6. The van der Waals surface area contributed by atoms with Crippen LogP contribution in [0.25, 0.3) is 11.1 Å². The summed E-state index contributed by atoms with van der Waals surface area (Å²) in [6, 6.07) is 19.3. The van der Waals surface area contributed by atoms with Crippen molar-refractivity contribution in [3.63, 3.8) is 0 Å². The van der Waals surface area contributed by atoms with Gasteiger partial charge in [-0.2, -0.15) is 0 Å². The lowest BCUT2D eigenvalue weighted by molar-refractivity contribution is -0.147. The van der Waals surface area contributed by atoms with Gasteiger partial charge in [-0.05, 0) is 53.9 Å². The van der Waals surface area contributed by atoms with Crippen LogP contribution in [-0.2, 0) is 9.53 Å². The van der Waals surface area contributed by atoms with E-state index in [0.29, 0.717) is 12.5 Å². The average Bonchev–Trinajstić information content (AvgIpc) is 2.92. The highest BCUT2D eigenvalue weighted by atomic mass is 16.5. The molecule has 2 aromatic rings. The number of hydrogen-bond donors (Lipinski definition) is 0. The van der Waals surface area contributed by atoms with Gasteiger partial charge in [-0.25, -0.2) is 0 Å². The van der Waals surface area contributed by atoms with Crippen molar-refractivity contribution in [1.29, 1.82) is 0 Å². The van der Waals surface area contributed by atoms with Crippen LogP contribution in [0.2, 0.25) is 0 Å². The van der Waals surface area contributed by atoms with Gasteiger partial charge in [-0.3, -0.25) is 4.79 Å². The van der Waals surface area contributed by atoms with E-state index in [1.807, 2.05) is 6.07 Å². The van der Waals surface area contributed by atoms with E-state index in [-0.39, 0.29) is 11.4 Å². The third-order valence-electron chi connectivity index (χ3n) is 5.77. The van der Waals surface area contributed by atoms with Crippen LogP contribution in [0.4, 0.5) is 0 Å². The SMILES string of the molecule is C=C1COC(=O)C12CCC(c1ccc(-c3ccccc3)cc1)CC2. The molecule has 2 aliphatic rings. The van der Waals surface area contributed by atoms with Crippen molar-refractivity contribution in [2.24, 2.45) is 5.41 Å². The van der Waals surface area contributed by atoms with Gasteiger partial charge in [0.05, 0.1) is 5.41 Å². The molecular formula is C22H22O2. The summed E-state index contributed by atoms with van der Waals surface area (Å²) < 4.78 is 5.23. The first-order valence-corrected chi connectivity index (χ1v) is 8.70. The lowest BCUT2D eigenvalue weighted by Gasteiger charge is -2.34. The van der Waals surface area contributed by atoms with Crippen molar-refractivity contribution in [2.75, 3.05) is 6.61 Å². The van der Waals surface area contributed by atoms with Gasteiger partial charge < -0.3 is 4.74 Å². The second-order valence-corrected chi connectivity index (χ2v) is 7.02. The highest BCUT2D eigenvalue weighted by Crippen LogP contribution is 2.50. The fourth-order valence-electron chi connectivity index (χ4n) is 4.15. The maximum absolute atomic E-state index is 12.1. The Balaban J connectivity index is 1.48. The fourth-order valence-corrected chi connectivity index (χ4v) is 4.15. The van der Waals surface area contributed by atoms with Crippen LogP contribution in [0.5, 0.6) is 0 Å². The molecule has 0 radical (unpaired) electrons. The van der Waals surface area contributed by atoms with E-state index in [0.717, 1.165) is 31.3 Å². The number of cyclic esters (lactones) is 1. The Hall–Kier alpha value is -2.35. The Bertz CT molecular complexity index is 732. The molecule has 2 aromatic carbocycles. The van der Waals surface area contributed by atoms with Gasteiger partial charge in [0.2, 0.25) is 0 Å². The highest BCUT2D eigenvalue weighted by Gasteiger charge is 2.49. The maximum atomic E-state index is 12.1. The van der Waals surface area contributed by atoms with Crippen LogP contribution in [0.1, 0.15) is 37.2 Å². The summed E-state index contributed by atoms with van der Waals surface area (Å²) >= 11 is 0. The third-order valence-corrected chi connectivity index (χ3v) is 5.77. The minimum atomic E-state index is -0.388. The first-order valence-electron chi connectivity index (χ1n) is 8.70. The van der Waals surface area contributed by atoms with Crippen LogP contribution < -0.4 is 0 Å². The van der Waals surface area contributed by atoms with E-state index in [4.69, 9.17) is 4.74 Å². The van der Waals surface area contributed by atoms with Crippen molar-refractivity contribution in [3.8, 4) is 11.1 Å². The second-order valence-electron chi connectivity index (χ2n) is 7.02. The lowest BCUT2D eigenvalue weighted by Crippen LogP contribution is -2.32.